The lowest BCUT2D eigenvalue weighted by molar-refractivity contribution is 0.137. The lowest BCUT2D eigenvalue weighted by Gasteiger charge is -2.06. The average Bonchev–Trinajstić information content (AvgIpc) is 3.19. The highest BCUT2D eigenvalue weighted by molar-refractivity contribution is 5.65. The summed E-state index contributed by atoms with van der Waals surface area (Å²) in [6.07, 6.45) is -0.855. The number of aromatic nitrogens is 2. The highest BCUT2D eigenvalue weighted by Gasteiger charge is 2.10. The van der Waals surface area contributed by atoms with Gasteiger partial charge in [0.15, 0.2) is 12.4 Å². The summed E-state index contributed by atoms with van der Waals surface area (Å²) >= 11 is 0. The van der Waals surface area contributed by atoms with E-state index >= 15 is 0 Å². The number of rotatable bonds is 6. The molecule has 0 atom stereocenters. The molecule has 2 aromatic heterocycles. The number of primary amides is 1. The number of nitrogens with one attached hydrogen (secondary N) is 1. The van der Waals surface area contributed by atoms with E-state index in [2.05, 4.69) is 20.4 Å². The van der Waals surface area contributed by atoms with Crippen LogP contribution in [0.5, 0.6) is 0 Å². The van der Waals surface area contributed by atoms with E-state index < -0.39 is 6.09 Å². The van der Waals surface area contributed by atoms with E-state index in [1.54, 1.807) is 6.07 Å². The van der Waals surface area contributed by atoms with Crippen molar-refractivity contribution >= 4 is 11.8 Å². The molecule has 0 saturated carbocycles. The Morgan fingerprint density at radius 3 is 2.60 bits per heavy atom. The molecule has 2 heterocycles. The molecule has 0 aliphatic heterocycles. The fraction of sp³-hybridized carbons (Fsp3) is 0.235. The van der Waals surface area contributed by atoms with Crippen LogP contribution in [0.1, 0.15) is 22.8 Å². The van der Waals surface area contributed by atoms with Crippen molar-refractivity contribution in [3.63, 3.8) is 0 Å². The Morgan fingerprint density at radius 1 is 1.20 bits per heavy atom. The van der Waals surface area contributed by atoms with Crippen LogP contribution in [0.4, 0.5) is 10.5 Å². The topological polar surface area (TPSA) is 116 Å². The molecule has 130 valence electrons. The number of nitrogens with two attached hydrogens (primary N) is 1. The van der Waals surface area contributed by atoms with Gasteiger partial charge in [0, 0.05) is 29.4 Å². The molecule has 0 aliphatic carbocycles. The van der Waals surface area contributed by atoms with E-state index in [1.165, 1.54) is 0 Å². The minimum atomic E-state index is -0.855. The fourth-order valence-electron chi connectivity index (χ4n) is 2.36. The third-order valence-corrected chi connectivity index (χ3v) is 3.75. The molecular weight excluding hydrogens is 324 g/mol. The number of ether oxygens (including phenoxy) is 1. The Balaban J connectivity index is 1.63. The first kappa shape index (κ1) is 16.6. The third kappa shape index (κ3) is 3.97. The number of anilines is 1. The van der Waals surface area contributed by atoms with Gasteiger partial charge in [0.1, 0.15) is 11.5 Å². The van der Waals surface area contributed by atoms with Crippen molar-refractivity contribution in [3.8, 4) is 11.3 Å². The van der Waals surface area contributed by atoms with Crippen molar-refractivity contribution in [1.82, 2.24) is 10.3 Å². The van der Waals surface area contributed by atoms with Crippen LogP contribution in [-0.2, 0) is 17.9 Å². The average molecular weight is 342 g/mol. The predicted octanol–water partition coefficient (Wildman–Crippen LogP) is 3.15. The van der Waals surface area contributed by atoms with E-state index in [0.717, 1.165) is 28.3 Å². The lowest BCUT2D eigenvalue weighted by atomic mass is 10.1. The summed E-state index contributed by atoms with van der Waals surface area (Å²) in [6.45, 7) is 4.41. The van der Waals surface area contributed by atoms with Crippen LogP contribution in [0.15, 0.2) is 39.4 Å². The van der Waals surface area contributed by atoms with Gasteiger partial charge >= 0.3 is 6.09 Å². The molecule has 8 nitrogen and oxygen atoms in total. The van der Waals surface area contributed by atoms with Crippen LogP contribution in [0.2, 0.25) is 0 Å². The first-order valence-corrected chi connectivity index (χ1v) is 7.67. The molecule has 3 rings (SSSR count). The van der Waals surface area contributed by atoms with Gasteiger partial charge in [-0.25, -0.2) is 4.79 Å². The summed E-state index contributed by atoms with van der Waals surface area (Å²) in [5, 5.41) is 11.2. The standard InChI is InChI=1S/C17H18N4O4/c1-10-15(11(2)24-20-10)8-19-13-5-3-12(4-6-13)16-7-14(25-21-16)9-23-17(18)22/h3-7,19H,8-9H2,1-2H3,(H2,18,22). The van der Waals surface area contributed by atoms with Gasteiger partial charge in [-0.15, -0.1) is 0 Å². The van der Waals surface area contributed by atoms with E-state index in [0.29, 0.717) is 18.0 Å². The molecule has 3 N–H and O–H groups in total. The molecule has 25 heavy (non-hydrogen) atoms. The second-order valence-corrected chi connectivity index (χ2v) is 5.52. The van der Waals surface area contributed by atoms with Crippen LogP contribution in [0, 0.1) is 13.8 Å². The molecule has 0 bridgehead atoms. The van der Waals surface area contributed by atoms with Gasteiger partial charge in [-0.1, -0.05) is 22.4 Å². The number of benzene rings is 1. The molecule has 3 aromatic rings. The summed E-state index contributed by atoms with van der Waals surface area (Å²) in [5.41, 5.74) is 9.36. The molecule has 1 amide bonds. The van der Waals surface area contributed by atoms with Crippen molar-refractivity contribution in [2.75, 3.05) is 5.32 Å². The van der Waals surface area contributed by atoms with Crippen LogP contribution in [-0.4, -0.2) is 16.4 Å². The molecule has 0 fully saturated rings. The maximum absolute atomic E-state index is 10.6. The minimum absolute atomic E-state index is 0.0423. The van der Waals surface area contributed by atoms with Crippen molar-refractivity contribution in [1.29, 1.82) is 0 Å². The lowest BCUT2D eigenvalue weighted by Crippen LogP contribution is -2.12. The minimum Gasteiger partial charge on any atom is -0.441 e. The molecule has 1 aromatic carbocycles. The Bertz CT molecular complexity index is 848. The largest absolute Gasteiger partial charge is 0.441 e. The van der Waals surface area contributed by atoms with Crippen molar-refractivity contribution in [2.45, 2.75) is 27.0 Å². The molecule has 0 radical (unpaired) electrons. The predicted molar refractivity (Wildman–Crippen MR) is 89.6 cm³/mol. The fourth-order valence-corrected chi connectivity index (χ4v) is 2.36. The molecular formula is C17H18N4O4. The van der Waals surface area contributed by atoms with Crippen LogP contribution < -0.4 is 11.1 Å². The summed E-state index contributed by atoms with van der Waals surface area (Å²) in [5.74, 6) is 1.24. The normalized spacial score (nSPS) is 10.6. The number of hydrogen-bond acceptors (Lipinski definition) is 7. The molecule has 0 aliphatic rings. The third-order valence-electron chi connectivity index (χ3n) is 3.75. The zero-order chi connectivity index (χ0) is 17.8. The quantitative estimate of drug-likeness (QED) is 0.706. The second kappa shape index (κ2) is 7.08. The first-order valence-electron chi connectivity index (χ1n) is 7.67. The van der Waals surface area contributed by atoms with Gasteiger partial charge in [0.2, 0.25) is 0 Å². The highest BCUT2D eigenvalue weighted by atomic mass is 16.6. The second-order valence-electron chi connectivity index (χ2n) is 5.52. The van der Waals surface area contributed by atoms with Crippen LogP contribution >= 0.6 is 0 Å². The zero-order valence-electron chi connectivity index (χ0n) is 13.9. The van der Waals surface area contributed by atoms with Gasteiger partial charge in [0.25, 0.3) is 0 Å². The molecule has 0 unspecified atom stereocenters. The number of carbonyl (C=O) groups is 1. The van der Waals surface area contributed by atoms with Crippen molar-refractivity contribution < 1.29 is 18.6 Å². The van der Waals surface area contributed by atoms with Gasteiger partial charge in [-0.05, 0) is 26.0 Å². The van der Waals surface area contributed by atoms with Crippen LogP contribution in [0.25, 0.3) is 11.3 Å². The van der Waals surface area contributed by atoms with Gasteiger partial charge in [-0.2, -0.15) is 0 Å². The van der Waals surface area contributed by atoms with Crippen molar-refractivity contribution in [2.24, 2.45) is 5.73 Å². The maximum Gasteiger partial charge on any atom is 0.404 e. The number of carbonyl (C=O) groups excluding carboxylic acids is 1. The molecule has 0 spiro atoms. The Hall–Kier alpha value is -3.29. The smallest absolute Gasteiger partial charge is 0.404 e. The SMILES string of the molecule is Cc1noc(C)c1CNc1ccc(-c2cc(COC(N)=O)on2)cc1. The highest BCUT2D eigenvalue weighted by Crippen LogP contribution is 2.22. The monoisotopic (exact) mass is 342 g/mol. The summed E-state index contributed by atoms with van der Waals surface area (Å²) in [7, 11) is 0. The number of hydrogen-bond donors (Lipinski definition) is 2. The maximum atomic E-state index is 10.6. The zero-order valence-corrected chi connectivity index (χ0v) is 13.9. The summed E-state index contributed by atoms with van der Waals surface area (Å²) < 4.78 is 14.9. The Kier molecular flexibility index (Phi) is 4.69. The van der Waals surface area contributed by atoms with Gasteiger partial charge < -0.3 is 24.8 Å². The van der Waals surface area contributed by atoms with E-state index in [-0.39, 0.29) is 6.61 Å². The number of nitrogens with zero attached hydrogens (tertiary/aromatic N) is 2. The molecule has 0 saturated heterocycles. The Morgan fingerprint density at radius 2 is 1.96 bits per heavy atom. The van der Waals surface area contributed by atoms with E-state index in [9.17, 15) is 4.79 Å². The first-order chi connectivity index (χ1) is 12.0. The number of aryl methyl sites for hydroxylation is 2. The van der Waals surface area contributed by atoms with E-state index in [1.807, 2.05) is 38.1 Å². The molecule has 8 heteroatoms. The number of amides is 1. The van der Waals surface area contributed by atoms with Gasteiger partial charge in [0.05, 0.1) is 5.69 Å². The van der Waals surface area contributed by atoms with E-state index in [4.69, 9.17) is 14.8 Å². The summed E-state index contributed by atoms with van der Waals surface area (Å²) in [4.78, 5) is 10.6. The van der Waals surface area contributed by atoms with Crippen LogP contribution in [0.3, 0.4) is 0 Å². The Labute approximate surface area is 143 Å². The summed E-state index contributed by atoms with van der Waals surface area (Å²) in [6, 6.07) is 9.44. The van der Waals surface area contributed by atoms with Gasteiger partial charge in [-0.3, -0.25) is 0 Å². The van der Waals surface area contributed by atoms with Crippen molar-refractivity contribution in [3.05, 3.63) is 53.1 Å².